The van der Waals surface area contributed by atoms with E-state index >= 15 is 0 Å². The van der Waals surface area contributed by atoms with Crippen molar-refractivity contribution in [2.24, 2.45) is 11.7 Å². The van der Waals surface area contributed by atoms with Gasteiger partial charge in [0.05, 0.1) is 11.3 Å². The number of benzene rings is 1. The van der Waals surface area contributed by atoms with Crippen molar-refractivity contribution < 1.29 is 27.2 Å². The molecule has 0 radical (unpaired) electrons. The summed E-state index contributed by atoms with van der Waals surface area (Å²) in [5.41, 5.74) is 4.25. The second-order valence-corrected chi connectivity index (χ2v) is 9.03. The quantitative estimate of drug-likeness (QED) is 0.569. The Morgan fingerprint density at radius 2 is 1.70 bits per heavy atom. The lowest BCUT2D eigenvalue weighted by atomic mass is 9.84. The van der Waals surface area contributed by atoms with Crippen LogP contribution in [0, 0.1) is 11.7 Å². The van der Waals surface area contributed by atoms with Crippen molar-refractivity contribution in [2.75, 3.05) is 37.6 Å². The number of halogens is 4. The zero-order chi connectivity index (χ0) is 24.0. The first-order valence-corrected chi connectivity index (χ1v) is 11.5. The maximum absolute atomic E-state index is 14.2. The minimum Gasteiger partial charge on any atom is -0.370 e. The Hall–Kier alpha value is -2.36. The van der Waals surface area contributed by atoms with Crippen LogP contribution in [-0.4, -0.2) is 55.5 Å². The molecule has 0 bridgehead atoms. The number of nitrogens with two attached hydrogens (primary N) is 1. The second-order valence-electron chi connectivity index (χ2n) is 9.03. The monoisotopic (exact) mass is 472 g/mol. The molecule has 1 saturated heterocycles. The molecule has 1 heterocycles. The molecule has 1 saturated carbocycles. The lowest BCUT2D eigenvalue weighted by Gasteiger charge is -2.37. The molecule has 1 aliphatic heterocycles. The van der Waals surface area contributed by atoms with Gasteiger partial charge in [-0.2, -0.15) is 13.2 Å². The van der Waals surface area contributed by atoms with Gasteiger partial charge in [0.1, 0.15) is 5.82 Å². The number of carbonyl (C=O) groups excluding carboxylic acids is 2. The summed E-state index contributed by atoms with van der Waals surface area (Å²) in [4.78, 5) is 26.6. The van der Waals surface area contributed by atoms with E-state index in [4.69, 9.17) is 5.73 Å². The fourth-order valence-corrected chi connectivity index (χ4v) is 4.64. The molecule has 0 unspecified atom stereocenters. The molecule has 1 aliphatic carbocycles. The molecule has 2 fully saturated rings. The summed E-state index contributed by atoms with van der Waals surface area (Å²) in [6.07, 6.45) is 0.605. The van der Waals surface area contributed by atoms with Crippen molar-refractivity contribution in [3.8, 4) is 0 Å². The van der Waals surface area contributed by atoms with Gasteiger partial charge in [-0.1, -0.05) is 0 Å². The van der Waals surface area contributed by atoms with Gasteiger partial charge in [0.15, 0.2) is 0 Å². The topological polar surface area (TPSA) is 78.7 Å². The number of primary amides is 1. The summed E-state index contributed by atoms with van der Waals surface area (Å²) in [5, 5.41) is 2.97. The van der Waals surface area contributed by atoms with Crippen LogP contribution in [0.3, 0.4) is 0 Å². The van der Waals surface area contributed by atoms with Gasteiger partial charge < -0.3 is 16.0 Å². The van der Waals surface area contributed by atoms with Crippen LogP contribution in [0.25, 0.3) is 0 Å². The first-order valence-electron chi connectivity index (χ1n) is 11.5. The maximum atomic E-state index is 14.2. The van der Waals surface area contributed by atoms with Gasteiger partial charge >= 0.3 is 6.18 Å². The highest BCUT2D eigenvalue weighted by molar-refractivity contribution is 5.82. The summed E-state index contributed by atoms with van der Waals surface area (Å²) >= 11 is 0. The smallest absolute Gasteiger partial charge is 0.370 e. The van der Waals surface area contributed by atoms with E-state index in [0.717, 1.165) is 56.8 Å². The van der Waals surface area contributed by atoms with Crippen molar-refractivity contribution in [1.29, 1.82) is 0 Å². The van der Waals surface area contributed by atoms with Gasteiger partial charge in [0.2, 0.25) is 11.8 Å². The normalized spacial score (nSPS) is 22.2. The van der Waals surface area contributed by atoms with Crippen LogP contribution in [0.15, 0.2) is 18.2 Å². The minimum atomic E-state index is -4.49. The zero-order valence-electron chi connectivity index (χ0n) is 18.7. The fourth-order valence-electron chi connectivity index (χ4n) is 4.64. The highest BCUT2D eigenvalue weighted by Gasteiger charge is 2.32. The Morgan fingerprint density at radius 3 is 2.30 bits per heavy atom. The molecule has 10 heteroatoms. The highest BCUT2D eigenvalue weighted by atomic mass is 19.4. The third kappa shape index (κ3) is 7.58. The first-order chi connectivity index (χ1) is 15.6. The molecule has 0 aromatic heterocycles. The molecule has 0 spiro atoms. The van der Waals surface area contributed by atoms with E-state index in [1.165, 1.54) is 0 Å². The number of carbonyl (C=O) groups is 2. The average Bonchev–Trinajstić information content (AvgIpc) is 2.77. The number of nitrogens with zero attached hydrogens (tertiary/aromatic N) is 2. The van der Waals surface area contributed by atoms with Gasteiger partial charge in [-0.3, -0.25) is 14.5 Å². The largest absolute Gasteiger partial charge is 0.416 e. The van der Waals surface area contributed by atoms with Gasteiger partial charge in [-0.05, 0) is 62.8 Å². The summed E-state index contributed by atoms with van der Waals surface area (Å²) < 4.78 is 53.1. The van der Waals surface area contributed by atoms with E-state index in [1.54, 1.807) is 4.90 Å². The van der Waals surface area contributed by atoms with Crippen molar-refractivity contribution in [2.45, 2.75) is 57.2 Å². The predicted octanol–water partition coefficient (Wildman–Crippen LogP) is 3.30. The Kier molecular flexibility index (Phi) is 8.56. The Labute approximate surface area is 191 Å². The zero-order valence-corrected chi connectivity index (χ0v) is 18.7. The molecule has 2 aliphatic rings. The molecule has 184 valence electrons. The molecule has 3 N–H and O–H groups in total. The number of rotatable bonds is 8. The summed E-state index contributed by atoms with van der Waals surface area (Å²) in [6, 6.07) is 2.71. The lowest BCUT2D eigenvalue weighted by molar-refractivity contribution is -0.137. The van der Waals surface area contributed by atoms with E-state index in [0.29, 0.717) is 32.1 Å². The van der Waals surface area contributed by atoms with Gasteiger partial charge in [-0.25, -0.2) is 4.39 Å². The number of amides is 2. The van der Waals surface area contributed by atoms with E-state index < -0.39 is 23.5 Å². The third-order valence-corrected chi connectivity index (χ3v) is 6.65. The first kappa shape index (κ1) is 25.3. The van der Waals surface area contributed by atoms with Crippen molar-refractivity contribution in [1.82, 2.24) is 10.2 Å². The van der Waals surface area contributed by atoms with Crippen LogP contribution in [0.4, 0.5) is 23.2 Å². The SMILES string of the molecule is NC(=O)CCC(=O)NC1CCC(CCN2CCN(c3cc(C(F)(F)F)ccc3F)CC2)CC1. The molecule has 2 amide bonds. The average molecular weight is 473 g/mol. The van der Waals surface area contributed by atoms with Crippen molar-refractivity contribution in [3.05, 3.63) is 29.6 Å². The molecule has 3 rings (SSSR count). The number of alkyl halides is 3. The number of hydrogen-bond donors (Lipinski definition) is 2. The van der Waals surface area contributed by atoms with Gasteiger partial charge in [-0.15, -0.1) is 0 Å². The number of nitrogens with one attached hydrogen (secondary N) is 1. The molecule has 33 heavy (non-hydrogen) atoms. The number of hydrogen-bond acceptors (Lipinski definition) is 4. The molecule has 1 aromatic rings. The number of piperazine rings is 1. The standard InChI is InChI=1S/C23H32F4N4O2/c24-19-6-3-17(23(25,26)27)15-20(19)31-13-11-30(12-14-31)10-9-16-1-4-18(5-2-16)29-22(33)8-7-21(28)32/h3,6,15-16,18H,1-2,4-5,7-14H2,(H2,28,32)(H,29,33). The van der Waals surface area contributed by atoms with Crippen LogP contribution < -0.4 is 16.0 Å². The summed E-state index contributed by atoms with van der Waals surface area (Å²) in [6.45, 7) is 3.24. The van der Waals surface area contributed by atoms with Crippen molar-refractivity contribution in [3.63, 3.8) is 0 Å². The van der Waals surface area contributed by atoms with Crippen LogP contribution in [0.1, 0.15) is 50.5 Å². The molecule has 1 aromatic carbocycles. The van der Waals surface area contributed by atoms with E-state index in [2.05, 4.69) is 10.2 Å². The molecular formula is C23H32F4N4O2. The van der Waals surface area contributed by atoms with E-state index in [-0.39, 0.29) is 30.5 Å². The van der Waals surface area contributed by atoms with Crippen LogP contribution in [0.5, 0.6) is 0 Å². The Bertz CT molecular complexity index is 817. The lowest BCUT2D eigenvalue weighted by Crippen LogP contribution is -2.47. The Morgan fingerprint density at radius 1 is 1.03 bits per heavy atom. The van der Waals surface area contributed by atoms with E-state index in [9.17, 15) is 27.2 Å². The summed E-state index contributed by atoms with van der Waals surface area (Å²) in [7, 11) is 0. The van der Waals surface area contributed by atoms with Crippen LogP contribution in [-0.2, 0) is 15.8 Å². The maximum Gasteiger partial charge on any atom is 0.416 e. The third-order valence-electron chi connectivity index (χ3n) is 6.65. The van der Waals surface area contributed by atoms with Crippen LogP contribution in [0.2, 0.25) is 0 Å². The minimum absolute atomic E-state index is 0.0145. The highest BCUT2D eigenvalue weighted by Crippen LogP contribution is 2.33. The summed E-state index contributed by atoms with van der Waals surface area (Å²) in [5.74, 6) is -0.667. The van der Waals surface area contributed by atoms with Crippen molar-refractivity contribution >= 4 is 17.5 Å². The van der Waals surface area contributed by atoms with E-state index in [1.807, 2.05) is 0 Å². The molecular weight excluding hydrogens is 440 g/mol. The van der Waals surface area contributed by atoms with Crippen LogP contribution >= 0.6 is 0 Å². The number of anilines is 1. The molecule has 0 atom stereocenters. The fraction of sp³-hybridized carbons (Fsp3) is 0.652. The second kappa shape index (κ2) is 11.2. The van der Waals surface area contributed by atoms with Gasteiger partial charge in [0.25, 0.3) is 0 Å². The molecule has 6 nitrogen and oxygen atoms in total. The Balaban J connectivity index is 1.37. The predicted molar refractivity (Wildman–Crippen MR) is 117 cm³/mol. The van der Waals surface area contributed by atoms with Gasteiger partial charge in [0, 0.05) is 45.1 Å².